The first-order valence-electron chi connectivity index (χ1n) is 9.62. The highest BCUT2D eigenvalue weighted by Gasteiger charge is 2.20. The fourth-order valence-electron chi connectivity index (χ4n) is 2.85. The van der Waals surface area contributed by atoms with Crippen LogP contribution in [0.15, 0.2) is 41.5 Å². The Labute approximate surface area is 196 Å². The van der Waals surface area contributed by atoms with E-state index in [9.17, 15) is 8.78 Å². The number of benzene rings is 1. The van der Waals surface area contributed by atoms with Gasteiger partial charge in [0.1, 0.15) is 11.6 Å². The first-order chi connectivity index (χ1) is 14.7. The van der Waals surface area contributed by atoms with Gasteiger partial charge >= 0.3 is 6.61 Å². The van der Waals surface area contributed by atoms with Gasteiger partial charge in [0.15, 0.2) is 17.5 Å². The highest BCUT2D eigenvalue weighted by molar-refractivity contribution is 14.0. The van der Waals surface area contributed by atoms with Crippen LogP contribution in [0.3, 0.4) is 0 Å². The van der Waals surface area contributed by atoms with E-state index in [-0.39, 0.29) is 43.1 Å². The molecule has 8 nitrogen and oxygen atoms in total. The Bertz CT molecular complexity index is 843. The number of fused-ring (bicyclic) bond motifs is 1. The minimum Gasteiger partial charge on any atom is -0.454 e. The maximum atomic E-state index is 12.7. The number of rotatable bonds is 10. The number of anilines is 1. The summed E-state index contributed by atoms with van der Waals surface area (Å²) in [5.41, 5.74) is 0.516. The van der Waals surface area contributed by atoms with Gasteiger partial charge in [0, 0.05) is 44.5 Å². The van der Waals surface area contributed by atoms with Crippen LogP contribution in [-0.2, 0) is 6.54 Å². The zero-order valence-corrected chi connectivity index (χ0v) is 19.4. The van der Waals surface area contributed by atoms with E-state index in [1.165, 1.54) is 6.07 Å². The molecule has 0 saturated heterocycles. The van der Waals surface area contributed by atoms with Gasteiger partial charge in [0.2, 0.25) is 6.79 Å². The lowest BCUT2D eigenvalue weighted by Gasteiger charge is -2.15. The molecule has 0 bridgehead atoms. The van der Waals surface area contributed by atoms with E-state index < -0.39 is 6.61 Å². The van der Waals surface area contributed by atoms with Gasteiger partial charge in [-0.25, -0.2) is 4.98 Å². The molecule has 1 aromatic heterocycles. The van der Waals surface area contributed by atoms with Crippen molar-refractivity contribution in [2.75, 3.05) is 32.2 Å². The SMILES string of the molecule is CN=C(NCCCCNc1ccccn1)NCc1cc2c(cc1OC(F)F)OCO2.I. The Morgan fingerprint density at radius 3 is 2.65 bits per heavy atom. The summed E-state index contributed by atoms with van der Waals surface area (Å²) in [5, 5.41) is 9.55. The Hall–Kier alpha value is -2.57. The molecule has 0 spiro atoms. The smallest absolute Gasteiger partial charge is 0.387 e. The van der Waals surface area contributed by atoms with Crippen molar-refractivity contribution in [2.24, 2.45) is 4.99 Å². The predicted molar refractivity (Wildman–Crippen MR) is 125 cm³/mol. The van der Waals surface area contributed by atoms with E-state index in [0.717, 1.165) is 25.2 Å². The van der Waals surface area contributed by atoms with Crippen molar-refractivity contribution in [1.29, 1.82) is 0 Å². The number of pyridine rings is 1. The molecular formula is C20H26F2IN5O3. The number of nitrogens with one attached hydrogen (secondary N) is 3. The Morgan fingerprint density at radius 1 is 1.16 bits per heavy atom. The molecule has 170 valence electrons. The van der Waals surface area contributed by atoms with Gasteiger partial charge in [0.05, 0.1) is 0 Å². The molecule has 3 rings (SSSR count). The number of nitrogens with zero attached hydrogens (tertiary/aromatic N) is 2. The van der Waals surface area contributed by atoms with Gasteiger partial charge in [-0.2, -0.15) is 8.78 Å². The molecule has 0 unspecified atom stereocenters. The van der Waals surface area contributed by atoms with Crippen LogP contribution in [0.4, 0.5) is 14.6 Å². The summed E-state index contributed by atoms with van der Waals surface area (Å²) in [6.07, 6.45) is 3.62. The monoisotopic (exact) mass is 549 g/mol. The molecule has 0 radical (unpaired) electrons. The number of ether oxygens (including phenoxy) is 3. The molecule has 0 amide bonds. The molecule has 2 heterocycles. The van der Waals surface area contributed by atoms with Crippen LogP contribution in [0, 0.1) is 0 Å². The summed E-state index contributed by atoms with van der Waals surface area (Å²) in [4.78, 5) is 8.36. The van der Waals surface area contributed by atoms with Gasteiger partial charge in [-0.15, -0.1) is 24.0 Å². The molecule has 31 heavy (non-hydrogen) atoms. The minimum atomic E-state index is -2.93. The Balaban J connectivity index is 0.00000341. The van der Waals surface area contributed by atoms with Gasteiger partial charge in [-0.3, -0.25) is 4.99 Å². The molecule has 0 saturated carbocycles. The summed E-state index contributed by atoms with van der Waals surface area (Å²) < 4.78 is 40.6. The van der Waals surface area contributed by atoms with Gasteiger partial charge in [0.25, 0.3) is 0 Å². The summed E-state index contributed by atoms with van der Waals surface area (Å²) in [6.45, 7) is -1.11. The molecule has 0 atom stereocenters. The second-order valence-corrected chi connectivity index (χ2v) is 6.39. The third-order valence-corrected chi connectivity index (χ3v) is 4.31. The van der Waals surface area contributed by atoms with Crippen LogP contribution in [-0.4, -0.2) is 44.5 Å². The predicted octanol–water partition coefficient (Wildman–Crippen LogP) is 3.59. The van der Waals surface area contributed by atoms with Gasteiger partial charge < -0.3 is 30.2 Å². The highest BCUT2D eigenvalue weighted by atomic mass is 127. The first-order valence-corrected chi connectivity index (χ1v) is 9.62. The van der Waals surface area contributed by atoms with E-state index in [1.807, 2.05) is 18.2 Å². The molecule has 1 aliphatic rings. The largest absolute Gasteiger partial charge is 0.454 e. The molecular weight excluding hydrogens is 523 g/mol. The first kappa shape index (κ1) is 24.7. The quantitative estimate of drug-likeness (QED) is 0.181. The van der Waals surface area contributed by atoms with E-state index in [0.29, 0.717) is 29.6 Å². The van der Waals surface area contributed by atoms with Gasteiger partial charge in [-0.1, -0.05) is 6.07 Å². The molecule has 0 fully saturated rings. The molecule has 11 heteroatoms. The van der Waals surface area contributed by atoms with Crippen molar-refractivity contribution in [3.63, 3.8) is 0 Å². The number of hydrogen-bond donors (Lipinski definition) is 3. The summed E-state index contributed by atoms with van der Waals surface area (Å²) in [5.74, 6) is 2.34. The van der Waals surface area contributed by atoms with E-state index in [4.69, 9.17) is 9.47 Å². The number of aromatic nitrogens is 1. The normalized spacial score (nSPS) is 12.3. The fraction of sp³-hybridized carbons (Fsp3) is 0.400. The molecule has 2 aromatic rings. The maximum Gasteiger partial charge on any atom is 0.387 e. The third-order valence-electron chi connectivity index (χ3n) is 4.31. The summed E-state index contributed by atoms with van der Waals surface area (Å²) >= 11 is 0. The zero-order valence-electron chi connectivity index (χ0n) is 17.1. The summed E-state index contributed by atoms with van der Waals surface area (Å²) in [7, 11) is 1.65. The van der Waals surface area contributed by atoms with Crippen LogP contribution in [0.1, 0.15) is 18.4 Å². The van der Waals surface area contributed by atoms with E-state index in [1.54, 1.807) is 19.3 Å². The average Bonchev–Trinajstić information content (AvgIpc) is 3.20. The standard InChI is InChI=1S/C20H25F2N5O3.HI/c1-23-20(26-9-5-4-8-25-18-6-2-3-7-24-18)27-12-14-10-16-17(29-13-28-16)11-15(14)30-19(21)22;/h2-3,6-7,10-11,19H,4-5,8-9,12-13H2,1H3,(H,24,25)(H2,23,26,27);1H. The lowest BCUT2D eigenvalue weighted by molar-refractivity contribution is -0.0505. The topological polar surface area (TPSA) is 89.0 Å². The molecule has 1 aromatic carbocycles. The van der Waals surface area contributed by atoms with E-state index >= 15 is 0 Å². The number of aliphatic imine (C=N–C) groups is 1. The maximum absolute atomic E-state index is 12.7. The average molecular weight is 549 g/mol. The molecule has 0 aliphatic carbocycles. The number of unbranched alkanes of at least 4 members (excludes halogenated alkanes) is 1. The molecule has 3 N–H and O–H groups in total. The van der Waals surface area contributed by atoms with Crippen LogP contribution < -0.4 is 30.2 Å². The Kier molecular flexibility index (Phi) is 10.3. The lowest BCUT2D eigenvalue weighted by atomic mass is 10.1. The van der Waals surface area contributed by atoms with Gasteiger partial charge in [-0.05, 0) is 31.0 Å². The minimum absolute atomic E-state index is 0. The summed E-state index contributed by atoms with van der Waals surface area (Å²) in [6, 6.07) is 8.77. The van der Waals surface area contributed by atoms with Crippen molar-refractivity contribution < 1.29 is 23.0 Å². The van der Waals surface area contributed by atoms with Crippen LogP contribution >= 0.6 is 24.0 Å². The lowest BCUT2D eigenvalue weighted by Crippen LogP contribution is -2.37. The van der Waals surface area contributed by atoms with E-state index in [2.05, 4.69) is 30.7 Å². The zero-order chi connectivity index (χ0) is 21.2. The van der Waals surface area contributed by atoms with Crippen molar-refractivity contribution in [1.82, 2.24) is 15.6 Å². The van der Waals surface area contributed by atoms with Crippen molar-refractivity contribution in [2.45, 2.75) is 26.0 Å². The second kappa shape index (κ2) is 13.0. The number of hydrogen-bond acceptors (Lipinski definition) is 6. The Morgan fingerprint density at radius 2 is 1.94 bits per heavy atom. The fourth-order valence-corrected chi connectivity index (χ4v) is 2.85. The van der Waals surface area contributed by atoms with Crippen LogP contribution in [0.5, 0.6) is 17.2 Å². The van der Waals surface area contributed by atoms with Crippen molar-refractivity contribution >= 4 is 35.8 Å². The van der Waals surface area contributed by atoms with Crippen molar-refractivity contribution in [3.05, 3.63) is 42.1 Å². The number of halogens is 3. The number of alkyl halides is 2. The molecule has 1 aliphatic heterocycles. The second-order valence-electron chi connectivity index (χ2n) is 6.39. The number of guanidine groups is 1. The van der Waals surface area contributed by atoms with Crippen LogP contribution in [0.25, 0.3) is 0 Å². The van der Waals surface area contributed by atoms with Crippen molar-refractivity contribution in [3.8, 4) is 17.2 Å². The van der Waals surface area contributed by atoms with Crippen LogP contribution in [0.2, 0.25) is 0 Å². The highest BCUT2D eigenvalue weighted by Crippen LogP contribution is 2.38. The third kappa shape index (κ3) is 7.89.